The molecule has 2 unspecified atom stereocenters. The van der Waals surface area contributed by atoms with Gasteiger partial charge in [-0.25, -0.2) is 0 Å². The third kappa shape index (κ3) is 5.49. The van der Waals surface area contributed by atoms with E-state index in [1.54, 1.807) is 0 Å². The van der Waals surface area contributed by atoms with Crippen LogP contribution in [0, 0.1) is 5.92 Å². The van der Waals surface area contributed by atoms with Crippen LogP contribution >= 0.6 is 12.4 Å². The van der Waals surface area contributed by atoms with Crippen LogP contribution < -0.4 is 10.6 Å². The molecule has 2 aliphatic heterocycles. The number of nitrogens with one attached hydrogen (secondary N) is 2. The van der Waals surface area contributed by atoms with E-state index in [1.807, 2.05) is 6.07 Å². The number of piperidine rings is 1. The second-order valence-electron chi connectivity index (χ2n) is 8.10. The van der Waals surface area contributed by atoms with Gasteiger partial charge in [0, 0.05) is 24.0 Å². The predicted molar refractivity (Wildman–Crippen MR) is 102 cm³/mol. The summed E-state index contributed by atoms with van der Waals surface area (Å²) in [6, 6.07) is 11.8. The number of benzene rings is 1. The van der Waals surface area contributed by atoms with Gasteiger partial charge in [0.05, 0.1) is 0 Å². The third-order valence-corrected chi connectivity index (χ3v) is 5.40. The smallest absolute Gasteiger partial charge is 0.220 e. The second-order valence-corrected chi connectivity index (χ2v) is 8.10. The van der Waals surface area contributed by atoms with Crippen molar-refractivity contribution in [1.82, 2.24) is 10.6 Å². The van der Waals surface area contributed by atoms with Crippen molar-refractivity contribution in [1.29, 1.82) is 0 Å². The highest BCUT2D eigenvalue weighted by Gasteiger charge is 2.34. The molecule has 1 aromatic carbocycles. The van der Waals surface area contributed by atoms with E-state index in [4.69, 9.17) is 0 Å². The van der Waals surface area contributed by atoms with Gasteiger partial charge in [0.25, 0.3) is 0 Å². The molecular formula is C20H31ClN2O. The minimum Gasteiger partial charge on any atom is -0.351 e. The first-order valence-electron chi connectivity index (χ1n) is 9.11. The van der Waals surface area contributed by atoms with Gasteiger partial charge in [-0.15, -0.1) is 12.4 Å². The lowest BCUT2D eigenvalue weighted by molar-refractivity contribution is -0.123. The molecule has 24 heavy (non-hydrogen) atoms. The SMILES string of the molecule is CC(C)(CCc1ccccc1)NC(=O)CC1CC2CCC(C1)N2.Cl. The molecule has 2 heterocycles. The van der Waals surface area contributed by atoms with Crippen LogP contribution in [0.4, 0.5) is 0 Å². The lowest BCUT2D eigenvalue weighted by atomic mass is 9.88. The van der Waals surface area contributed by atoms with Crippen LogP contribution in [0.2, 0.25) is 0 Å². The topological polar surface area (TPSA) is 41.1 Å². The normalized spacial score (nSPS) is 25.8. The average molecular weight is 351 g/mol. The fourth-order valence-electron chi connectivity index (χ4n) is 4.20. The summed E-state index contributed by atoms with van der Waals surface area (Å²) in [5, 5.41) is 6.91. The van der Waals surface area contributed by atoms with Crippen LogP contribution in [0.5, 0.6) is 0 Å². The van der Waals surface area contributed by atoms with Crippen molar-refractivity contribution in [3.63, 3.8) is 0 Å². The number of halogens is 1. The molecule has 3 rings (SSSR count). The molecule has 2 atom stereocenters. The van der Waals surface area contributed by atoms with Gasteiger partial charge < -0.3 is 10.6 Å². The number of carbonyl (C=O) groups is 1. The maximum absolute atomic E-state index is 12.4. The van der Waals surface area contributed by atoms with Crippen LogP contribution in [-0.2, 0) is 11.2 Å². The summed E-state index contributed by atoms with van der Waals surface area (Å²) >= 11 is 0. The molecule has 2 bridgehead atoms. The Balaban J connectivity index is 0.00000208. The first-order valence-corrected chi connectivity index (χ1v) is 9.11. The van der Waals surface area contributed by atoms with Crippen LogP contribution in [0.25, 0.3) is 0 Å². The molecule has 3 nitrogen and oxygen atoms in total. The summed E-state index contributed by atoms with van der Waals surface area (Å²) in [7, 11) is 0. The van der Waals surface area contributed by atoms with E-state index in [1.165, 1.54) is 31.2 Å². The Kier molecular flexibility index (Phi) is 6.70. The number of fused-ring (bicyclic) bond motifs is 2. The van der Waals surface area contributed by atoms with Crippen molar-refractivity contribution in [2.75, 3.05) is 0 Å². The fourth-order valence-corrected chi connectivity index (χ4v) is 4.20. The Hall–Kier alpha value is -1.06. The lowest BCUT2D eigenvalue weighted by Crippen LogP contribution is -2.45. The van der Waals surface area contributed by atoms with E-state index < -0.39 is 0 Å². The van der Waals surface area contributed by atoms with Crippen LogP contribution in [0.3, 0.4) is 0 Å². The molecule has 4 heteroatoms. The molecule has 2 saturated heterocycles. The molecule has 2 N–H and O–H groups in total. The first kappa shape index (κ1) is 19.3. The zero-order valence-electron chi connectivity index (χ0n) is 14.9. The Morgan fingerprint density at radius 2 is 1.79 bits per heavy atom. The summed E-state index contributed by atoms with van der Waals surface area (Å²) in [6.07, 6.45) is 7.62. The highest BCUT2D eigenvalue weighted by molar-refractivity contribution is 5.85. The Morgan fingerprint density at radius 3 is 2.42 bits per heavy atom. The quantitative estimate of drug-likeness (QED) is 0.818. The molecule has 134 valence electrons. The van der Waals surface area contributed by atoms with Gasteiger partial charge in [0.1, 0.15) is 0 Å². The highest BCUT2D eigenvalue weighted by atomic mass is 35.5. The number of hydrogen-bond acceptors (Lipinski definition) is 2. The van der Waals surface area contributed by atoms with Crippen molar-refractivity contribution in [3.8, 4) is 0 Å². The Bertz CT molecular complexity index is 520. The third-order valence-electron chi connectivity index (χ3n) is 5.40. The van der Waals surface area contributed by atoms with Crippen molar-refractivity contribution in [2.45, 2.75) is 76.4 Å². The molecule has 1 amide bonds. The fraction of sp³-hybridized carbons (Fsp3) is 0.650. The zero-order valence-corrected chi connectivity index (χ0v) is 15.7. The van der Waals surface area contributed by atoms with E-state index >= 15 is 0 Å². The van der Waals surface area contributed by atoms with Gasteiger partial charge >= 0.3 is 0 Å². The molecule has 0 saturated carbocycles. The molecule has 1 aromatic rings. The second kappa shape index (κ2) is 8.35. The zero-order chi connectivity index (χ0) is 16.3. The Labute approximate surface area is 152 Å². The van der Waals surface area contributed by atoms with E-state index in [0.29, 0.717) is 24.4 Å². The number of hydrogen-bond donors (Lipinski definition) is 2. The monoisotopic (exact) mass is 350 g/mol. The van der Waals surface area contributed by atoms with Crippen LogP contribution in [-0.4, -0.2) is 23.5 Å². The van der Waals surface area contributed by atoms with Crippen molar-refractivity contribution in [2.24, 2.45) is 5.92 Å². The van der Waals surface area contributed by atoms with Crippen molar-refractivity contribution < 1.29 is 4.79 Å². The van der Waals surface area contributed by atoms with E-state index in [9.17, 15) is 4.79 Å². The van der Waals surface area contributed by atoms with Gasteiger partial charge in [0.2, 0.25) is 5.91 Å². The maximum Gasteiger partial charge on any atom is 0.220 e. The molecule has 0 aromatic heterocycles. The van der Waals surface area contributed by atoms with Gasteiger partial charge in [-0.05, 0) is 63.9 Å². The minimum atomic E-state index is -0.140. The van der Waals surface area contributed by atoms with Crippen molar-refractivity contribution in [3.05, 3.63) is 35.9 Å². The molecule has 0 radical (unpaired) electrons. The molecule has 2 fully saturated rings. The largest absolute Gasteiger partial charge is 0.351 e. The predicted octanol–water partition coefficient (Wildman–Crippen LogP) is 3.86. The molecule has 2 aliphatic rings. The summed E-state index contributed by atoms with van der Waals surface area (Å²) in [5.74, 6) is 0.799. The number of amides is 1. The summed E-state index contributed by atoms with van der Waals surface area (Å²) in [5.41, 5.74) is 1.20. The highest BCUT2D eigenvalue weighted by Crippen LogP contribution is 2.32. The van der Waals surface area contributed by atoms with Crippen molar-refractivity contribution >= 4 is 18.3 Å². The van der Waals surface area contributed by atoms with E-state index in [-0.39, 0.29) is 23.9 Å². The van der Waals surface area contributed by atoms with Crippen LogP contribution in [0.15, 0.2) is 30.3 Å². The first-order chi connectivity index (χ1) is 11.0. The summed E-state index contributed by atoms with van der Waals surface area (Å²) in [4.78, 5) is 12.4. The van der Waals surface area contributed by atoms with Gasteiger partial charge in [-0.3, -0.25) is 4.79 Å². The van der Waals surface area contributed by atoms with Gasteiger partial charge in [-0.2, -0.15) is 0 Å². The van der Waals surface area contributed by atoms with E-state index in [2.05, 4.69) is 48.7 Å². The maximum atomic E-state index is 12.4. The van der Waals surface area contributed by atoms with Crippen LogP contribution in [0.1, 0.15) is 57.9 Å². The average Bonchev–Trinajstić information content (AvgIpc) is 2.84. The molecule has 0 spiro atoms. The van der Waals surface area contributed by atoms with E-state index in [0.717, 1.165) is 12.8 Å². The molecular weight excluding hydrogens is 320 g/mol. The van der Waals surface area contributed by atoms with Gasteiger partial charge in [0.15, 0.2) is 0 Å². The number of carbonyl (C=O) groups excluding carboxylic acids is 1. The number of rotatable bonds is 6. The summed E-state index contributed by atoms with van der Waals surface area (Å²) < 4.78 is 0. The number of aryl methyl sites for hydroxylation is 1. The standard InChI is InChI=1S/C20H30N2O.ClH/c1-20(2,11-10-15-6-4-3-5-7-15)22-19(23)14-16-12-17-8-9-18(13-16)21-17;/h3-7,16-18,21H,8-14H2,1-2H3,(H,22,23);1H. The minimum absolute atomic E-state index is 0. The lowest BCUT2D eigenvalue weighted by Gasteiger charge is -2.31. The summed E-state index contributed by atoms with van der Waals surface area (Å²) in [6.45, 7) is 4.28. The Morgan fingerprint density at radius 1 is 1.17 bits per heavy atom. The molecule has 0 aliphatic carbocycles. The van der Waals surface area contributed by atoms with Gasteiger partial charge in [-0.1, -0.05) is 30.3 Å².